The number of hydrogen-bond donors (Lipinski definition) is 2. The Morgan fingerprint density at radius 2 is 1.00 bits per heavy atom. The molecule has 0 saturated heterocycles. The molecule has 3 nitrogen and oxygen atoms in total. The molecule has 0 bridgehead atoms. The largest absolute Gasteiger partial charge is 0.457 e. The second kappa shape index (κ2) is 7.78. The first-order chi connectivity index (χ1) is 13.3. The Balaban J connectivity index is 1.84. The first kappa shape index (κ1) is 17.5. The van der Waals surface area contributed by atoms with Gasteiger partial charge in [0.1, 0.15) is 11.5 Å². The summed E-state index contributed by atoms with van der Waals surface area (Å²) in [5.41, 5.74) is 2.00. The summed E-state index contributed by atoms with van der Waals surface area (Å²) < 4.78 is 6.34. The minimum absolute atomic E-state index is 0.0611. The molecule has 4 aromatic rings. The molecule has 0 fully saturated rings. The molecule has 0 spiro atoms. The van der Waals surface area contributed by atoms with Gasteiger partial charge in [0.15, 0.2) is 0 Å². The molecule has 0 atom stereocenters. The van der Waals surface area contributed by atoms with Crippen molar-refractivity contribution in [2.75, 3.05) is 13.2 Å². The Kier molecular flexibility index (Phi) is 5.05. The van der Waals surface area contributed by atoms with Gasteiger partial charge in [-0.3, -0.25) is 0 Å². The van der Waals surface area contributed by atoms with Crippen LogP contribution in [0.4, 0.5) is 0 Å². The summed E-state index contributed by atoms with van der Waals surface area (Å²) in [5.74, 6) is 1.49. The number of rotatable bonds is 6. The van der Waals surface area contributed by atoms with Gasteiger partial charge in [0.05, 0.1) is 0 Å². The first-order valence-corrected chi connectivity index (χ1v) is 9.22. The maximum absolute atomic E-state index is 9.56. The molecular formula is C24H22O3. The van der Waals surface area contributed by atoms with E-state index in [2.05, 4.69) is 24.3 Å². The fraction of sp³-hybridized carbons (Fsp3) is 0.167. The third-order valence-electron chi connectivity index (χ3n) is 4.94. The topological polar surface area (TPSA) is 49.7 Å². The van der Waals surface area contributed by atoms with Crippen molar-refractivity contribution in [1.29, 1.82) is 0 Å². The highest BCUT2D eigenvalue weighted by atomic mass is 16.5. The van der Waals surface area contributed by atoms with Crippen LogP contribution in [0.25, 0.3) is 21.5 Å². The van der Waals surface area contributed by atoms with Crippen LogP contribution in [-0.4, -0.2) is 23.4 Å². The van der Waals surface area contributed by atoms with Gasteiger partial charge in [0.2, 0.25) is 0 Å². The monoisotopic (exact) mass is 358 g/mol. The standard InChI is InChI=1S/C24H22O3/c25-15-13-21-19-7-3-1-5-17(19)9-11-23(21)27-24-12-10-18-6-2-4-8-20(18)22(24)14-16-26/h1-12,25-26H,13-16H2. The van der Waals surface area contributed by atoms with Crippen molar-refractivity contribution < 1.29 is 14.9 Å². The molecule has 0 aliphatic carbocycles. The van der Waals surface area contributed by atoms with Crippen LogP contribution in [0, 0.1) is 0 Å². The number of fused-ring (bicyclic) bond motifs is 2. The molecular weight excluding hydrogens is 336 g/mol. The van der Waals surface area contributed by atoms with E-state index in [9.17, 15) is 10.2 Å². The summed E-state index contributed by atoms with van der Waals surface area (Å²) in [6.07, 6.45) is 1.05. The smallest absolute Gasteiger partial charge is 0.131 e. The highest BCUT2D eigenvalue weighted by molar-refractivity contribution is 5.89. The first-order valence-electron chi connectivity index (χ1n) is 9.22. The number of aliphatic hydroxyl groups is 2. The maximum Gasteiger partial charge on any atom is 0.131 e. The molecule has 0 unspecified atom stereocenters. The predicted octanol–water partition coefficient (Wildman–Crippen LogP) is 4.85. The number of aliphatic hydroxyl groups excluding tert-OH is 2. The number of ether oxygens (including phenoxy) is 1. The van der Waals surface area contributed by atoms with Crippen LogP contribution < -0.4 is 4.74 Å². The molecule has 136 valence electrons. The Labute approximate surface area is 158 Å². The zero-order chi connectivity index (χ0) is 18.6. The van der Waals surface area contributed by atoms with Crippen molar-refractivity contribution in [3.05, 3.63) is 83.9 Å². The third-order valence-corrected chi connectivity index (χ3v) is 4.94. The lowest BCUT2D eigenvalue weighted by Gasteiger charge is -2.17. The lowest BCUT2D eigenvalue weighted by molar-refractivity contribution is 0.296. The van der Waals surface area contributed by atoms with Gasteiger partial charge in [-0.15, -0.1) is 0 Å². The van der Waals surface area contributed by atoms with E-state index >= 15 is 0 Å². The van der Waals surface area contributed by atoms with E-state index in [0.717, 1.165) is 44.2 Å². The van der Waals surface area contributed by atoms with Crippen molar-refractivity contribution in [3.63, 3.8) is 0 Å². The molecule has 0 radical (unpaired) electrons. The summed E-state index contributed by atoms with van der Waals surface area (Å²) in [6, 6.07) is 24.3. The van der Waals surface area contributed by atoms with E-state index in [4.69, 9.17) is 4.74 Å². The average Bonchev–Trinajstić information content (AvgIpc) is 2.71. The molecule has 3 heteroatoms. The van der Waals surface area contributed by atoms with Crippen LogP contribution in [0.5, 0.6) is 11.5 Å². The molecule has 0 aliphatic rings. The fourth-order valence-corrected chi connectivity index (χ4v) is 3.68. The zero-order valence-electron chi connectivity index (χ0n) is 15.1. The second-order valence-electron chi connectivity index (χ2n) is 6.58. The summed E-state index contributed by atoms with van der Waals surface area (Å²) in [6.45, 7) is 0.122. The van der Waals surface area contributed by atoms with E-state index in [1.807, 2.05) is 48.5 Å². The van der Waals surface area contributed by atoms with Crippen LogP contribution in [0.15, 0.2) is 72.8 Å². The van der Waals surface area contributed by atoms with Gasteiger partial charge in [0, 0.05) is 24.3 Å². The summed E-state index contributed by atoms with van der Waals surface area (Å²) >= 11 is 0. The van der Waals surface area contributed by atoms with Crippen LogP contribution in [0.2, 0.25) is 0 Å². The zero-order valence-corrected chi connectivity index (χ0v) is 15.1. The van der Waals surface area contributed by atoms with Gasteiger partial charge in [-0.2, -0.15) is 0 Å². The maximum atomic E-state index is 9.56. The predicted molar refractivity (Wildman–Crippen MR) is 110 cm³/mol. The molecule has 4 rings (SSSR count). The van der Waals surface area contributed by atoms with Crippen molar-refractivity contribution in [2.45, 2.75) is 12.8 Å². The van der Waals surface area contributed by atoms with E-state index < -0.39 is 0 Å². The van der Waals surface area contributed by atoms with Gasteiger partial charge in [-0.05, 0) is 46.5 Å². The second-order valence-corrected chi connectivity index (χ2v) is 6.58. The Hall–Kier alpha value is -2.88. The molecule has 0 saturated carbocycles. The lowest BCUT2D eigenvalue weighted by Crippen LogP contribution is -2.00. The van der Waals surface area contributed by atoms with Crippen molar-refractivity contribution in [1.82, 2.24) is 0 Å². The third kappa shape index (κ3) is 3.39. The highest BCUT2D eigenvalue weighted by Crippen LogP contribution is 2.36. The normalized spacial score (nSPS) is 11.2. The molecule has 2 N–H and O–H groups in total. The van der Waals surface area contributed by atoms with Crippen LogP contribution >= 0.6 is 0 Å². The molecule has 0 heterocycles. The van der Waals surface area contributed by atoms with Gasteiger partial charge in [-0.1, -0.05) is 60.7 Å². The summed E-state index contributed by atoms with van der Waals surface area (Å²) in [7, 11) is 0. The van der Waals surface area contributed by atoms with Crippen LogP contribution in [0.1, 0.15) is 11.1 Å². The number of benzene rings is 4. The Morgan fingerprint density at radius 1 is 0.556 bits per heavy atom. The highest BCUT2D eigenvalue weighted by Gasteiger charge is 2.13. The van der Waals surface area contributed by atoms with Gasteiger partial charge < -0.3 is 14.9 Å². The van der Waals surface area contributed by atoms with Crippen molar-refractivity contribution >= 4 is 21.5 Å². The molecule has 0 amide bonds. The minimum Gasteiger partial charge on any atom is -0.457 e. The van der Waals surface area contributed by atoms with E-state index in [-0.39, 0.29) is 13.2 Å². The Bertz CT molecular complexity index is 998. The molecule has 27 heavy (non-hydrogen) atoms. The summed E-state index contributed by atoms with van der Waals surface area (Å²) in [4.78, 5) is 0. The van der Waals surface area contributed by atoms with E-state index in [1.54, 1.807) is 0 Å². The van der Waals surface area contributed by atoms with Gasteiger partial charge in [-0.25, -0.2) is 0 Å². The molecule has 4 aromatic carbocycles. The average molecular weight is 358 g/mol. The van der Waals surface area contributed by atoms with Crippen LogP contribution in [0.3, 0.4) is 0 Å². The number of hydrogen-bond acceptors (Lipinski definition) is 3. The van der Waals surface area contributed by atoms with Crippen molar-refractivity contribution in [3.8, 4) is 11.5 Å². The quantitative estimate of drug-likeness (QED) is 0.518. The van der Waals surface area contributed by atoms with Gasteiger partial charge >= 0.3 is 0 Å². The molecule has 0 aromatic heterocycles. The van der Waals surface area contributed by atoms with Crippen LogP contribution in [-0.2, 0) is 12.8 Å². The van der Waals surface area contributed by atoms with Gasteiger partial charge in [0.25, 0.3) is 0 Å². The molecule has 0 aliphatic heterocycles. The van der Waals surface area contributed by atoms with E-state index in [1.165, 1.54) is 0 Å². The lowest BCUT2D eigenvalue weighted by atomic mass is 10.00. The minimum atomic E-state index is 0.0611. The van der Waals surface area contributed by atoms with E-state index in [0.29, 0.717) is 12.8 Å². The fourth-order valence-electron chi connectivity index (χ4n) is 3.68. The SMILES string of the molecule is OCCc1c(Oc2ccc3ccccc3c2CCO)ccc2ccccc12. The Morgan fingerprint density at radius 3 is 1.44 bits per heavy atom. The summed E-state index contributed by atoms with van der Waals surface area (Å²) in [5, 5.41) is 23.6. The van der Waals surface area contributed by atoms with Crippen molar-refractivity contribution in [2.24, 2.45) is 0 Å².